The van der Waals surface area contributed by atoms with Gasteiger partial charge in [0, 0.05) is 17.5 Å². The summed E-state index contributed by atoms with van der Waals surface area (Å²) in [6, 6.07) is 7.68. The molecule has 118 valence electrons. The van der Waals surface area contributed by atoms with Gasteiger partial charge in [-0.15, -0.1) is 0 Å². The molecule has 0 aliphatic heterocycles. The minimum absolute atomic E-state index is 0.0552. The summed E-state index contributed by atoms with van der Waals surface area (Å²) in [5, 5.41) is 0.835. The number of fused-ring (bicyclic) bond motifs is 2. The fraction of sp³-hybridized carbons (Fsp3) is 0.421. The molecule has 0 spiro atoms. The van der Waals surface area contributed by atoms with E-state index in [9.17, 15) is 9.59 Å². The van der Waals surface area contributed by atoms with Gasteiger partial charge >= 0.3 is 5.97 Å². The summed E-state index contributed by atoms with van der Waals surface area (Å²) in [6.07, 6.45) is 5.23. The quantitative estimate of drug-likeness (QED) is 0.798. The summed E-state index contributed by atoms with van der Waals surface area (Å²) in [6.45, 7) is 0. The lowest BCUT2D eigenvalue weighted by Gasteiger charge is -2.21. The second-order valence-corrected chi connectivity index (χ2v) is 6.39. The SMILES string of the molecule is O=C(O[C@H]1CCCCC1=O)c1c2c(nc3ccccc13)CCC2. The molecule has 2 aromatic rings. The van der Waals surface area contributed by atoms with E-state index in [0.717, 1.165) is 54.3 Å². The van der Waals surface area contributed by atoms with E-state index < -0.39 is 6.10 Å². The molecule has 4 nitrogen and oxygen atoms in total. The number of hydrogen-bond donors (Lipinski definition) is 0. The molecule has 1 aromatic carbocycles. The Morgan fingerprint density at radius 2 is 1.96 bits per heavy atom. The predicted molar refractivity (Wildman–Crippen MR) is 86.4 cm³/mol. The van der Waals surface area contributed by atoms with Crippen molar-refractivity contribution in [1.29, 1.82) is 0 Å². The van der Waals surface area contributed by atoms with Crippen LogP contribution in [0.2, 0.25) is 0 Å². The van der Waals surface area contributed by atoms with Crippen molar-refractivity contribution in [3.05, 3.63) is 41.1 Å². The number of nitrogens with zero attached hydrogens (tertiary/aromatic N) is 1. The fourth-order valence-corrected chi connectivity index (χ4v) is 3.71. The van der Waals surface area contributed by atoms with Crippen LogP contribution in [0.15, 0.2) is 24.3 Å². The summed E-state index contributed by atoms with van der Waals surface area (Å²) in [4.78, 5) is 29.5. The van der Waals surface area contributed by atoms with Crippen LogP contribution in [0.4, 0.5) is 0 Å². The van der Waals surface area contributed by atoms with Crippen LogP contribution in [-0.2, 0) is 22.4 Å². The van der Waals surface area contributed by atoms with Crippen molar-refractivity contribution in [3.8, 4) is 0 Å². The number of ether oxygens (including phenoxy) is 1. The summed E-state index contributed by atoms with van der Waals surface area (Å²) in [7, 11) is 0. The highest BCUT2D eigenvalue weighted by atomic mass is 16.5. The maximum Gasteiger partial charge on any atom is 0.339 e. The van der Waals surface area contributed by atoms with Gasteiger partial charge in [0.1, 0.15) is 0 Å². The van der Waals surface area contributed by atoms with Gasteiger partial charge in [0.2, 0.25) is 0 Å². The van der Waals surface area contributed by atoms with Crippen LogP contribution in [0, 0.1) is 0 Å². The highest BCUT2D eigenvalue weighted by Gasteiger charge is 2.30. The maximum absolute atomic E-state index is 12.8. The van der Waals surface area contributed by atoms with Gasteiger partial charge in [0.15, 0.2) is 11.9 Å². The van der Waals surface area contributed by atoms with Gasteiger partial charge in [0.25, 0.3) is 0 Å². The molecule has 23 heavy (non-hydrogen) atoms. The largest absolute Gasteiger partial charge is 0.451 e. The van der Waals surface area contributed by atoms with Crippen LogP contribution in [0.5, 0.6) is 0 Å². The number of rotatable bonds is 2. The summed E-state index contributed by atoms with van der Waals surface area (Å²) >= 11 is 0. The molecule has 2 aliphatic carbocycles. The standard InChI is InChI=1S/C19H19NO3/c21-16-10-3-4-11-17(16)23-19(22)18-12-6-1-2-8-14(12)20-15-9-5-7-13(15)18/h1-2,6,8,17H,3-5,7,9-11H2/t17-/m0/s1. The summed E-state index contributed by atoms with van der Waals surface area (Å²) in [5.74, 6) is -0.304. The number of carbonyl (C=O) groups is 2. The smallest absolute Gasteiger partial charge is 0.339 e. The highest BCUT2D eigenvalue weighted by Crippen LogP contribution is 2.31. The van der Waals surface area contributed by atoms with E-state index in [2.05, 4.69) is 4.98 Å². The fourth-order valence-electron chi connectivity index (χ4n) is 3.71. The number of aryl methyl sites for hydroxylation is 1. The third kappa shape index (κ3) is 2.52. The van der Waals surface area contributed by atoms with Crippen molar-refractivity contribution in [2.45, 2.75) is 51.0 Å². The number of aromatic nitrogens is 1. The first kappa shape index (κ1) is 14.4. The maximum atomic E-state index is 12.8. The van der Waals surface area contributed by atoms with Crippen molar-refractivity contribution < 1.29 is 14.3 Å². The number of pyridine rings is 1. The number of esters is 1. The van der Waals surface area contributed by atoms with Crippen molar-refractivity contribution in [1.82, 2.24) is 4.98 Å². The minimum atomic E-state index is -0.569. The number of carbonyl (C=O) groups excluding carboxylic acids is 2. The Hall–Kier alpha value is -2.23. The van der Waals surface area contributed by atoms with Crippen molar-refractivity contribution in [3.63, 3.8) is 0 Å². The Kier molecular flexibility index (Phi) is 3.60. The average molecular weight is 309 g/mol. The molecular weight excluding hydrogens is 290 g/mol. The van der Waals surface area contributed by atoms with Crippen LogP contribution in [0.1, 0.15) is 53.7 Å². The topological polar surface area (TPSA) is 56.3 Å². The van der Waals surface area contributed by atoms with Crippen molar-refractivity contribution >= 4 is 22.7 Å². The molecule has 0 amide bonds. The Labute approximate surface area is 134 Å². The summed E-state index contributed by atoms with van der Waals surface area (Å²) in [5.41, 5.74) is 3.47. The molecule has 0 bridgehead atoms. The van der Waals surface area contributed by atoms with E-state index in [4.69, 9.17) is 4.74 Å². The first-order valence-electron chi connectivity index (χ1n) is 8.38. The van der Waals surface area contributed by atoms with E-state index in [0.29, 0.717) is 18.4 Å². The van der Waals surface area contributed by atoms with Gasteiger partial charge in [-0.1, -0.05) is 18.2 Å². The Bertz CT molecular complexity index is 797. The average Bonchev–Trinajstić information content (AvgIpc) is 3.02. The number of hydrogen-bond acceptors (Lipinski definition) is 4. The van der Waals surface area contributed by atoms with Crippen LogP contribution in [-0.4, -0.2) is 22.8 Å². The lowest BCUT2D eigenvalue weighted by Crippen LogP contribution is -2.30. The van der Waals surface area contributed by atoms with Crippen LogP contribution < -0.4 is 0 Å². The van der Waals surface area contributed by atoms with Crippen molar-refractivity contribution in [2.24, 2.45) is 0 Å². The van der Waals surface area contributed by atoms with Crippen LogP contribution in [0.25, 0.3) is 10.9 Å². The van der Waals surface area contributed by atoms with Gasteiger partial charge in [-0.05, 0) is 50.2 Å². The Morgan fingerprint density at radius 1 is 1.09 bits per heavy atom. The second kappa shape index (κ2) is 5.76. The van der Waals surface area contributed by atoms with Crippen molar-refractivity contribution in [2.75, 3.05) is 0 Å². The van der Waals surface area contributed by atoms with Gasteiger partial charge < -0.3 is 4.74 Å². The van der Waals surface area contributed by atoms with Crippen LogP contribution in [0.3, 0.4) is 0 Å². The molecule has 1 heterocycles. The molecule has 0 saturated heterocycles. The number of para-hydroxylation sites is 1. The Balaban J connectivity index is 1.75. The van der Waals surface area contributed by atoms with E-state index >= 15 is 0 Å². The van der Waals surface area contributed by atoms with E-state index in [1.165, 1.54) is 0 Å². The Morgan fingerprint density at radius 3 is 2.83 bits per heavy atom. The second-order valence-electron chi connectivity index (χ2n) is 6.39. The molecule has 1 saturated carbocycles. The lowest BCUT2D eigenvalue weighted by atomic mass is 9.96. The van der Waals surface area contributed by atoms with E-state index in [1.807, 2.05) is 24.3 Å². The molecule has 0 radical (unpaired) electrons. The minimum Gasteiger partial charge on any atom is -0.451 e. The zero-order valence-corrected chi connectivity index (χ0v) is 13.0. The molecular formula is C19H19NO3. The van der Waals surface area contributed by atoms with Gasteiger partial charge in [-0.25, -0.2) is 4.79 Å². The molecule has 0 unspecified atom stereocenters. The first-order valence-corrected chi connectivity index (χ1v) is 8.38. The van der Waals surface area contributed by atoms with Gasteiger partial charge in [-0.3, -0.25) is 9.78 Å². The number of Topliss-reactive ketones (excluding diaryl/α,β-unsaturated/α-hetero) is 1. The molecule has 4 heteroatoms. The first-order chi connectivity index (χ1) is 11.2. The normalized spacial score (nSPS) is 20.5. The van der Waals surface area contributed by atoms with Crippen LogP contribution >= 0.6 is 0 Å². The van der Waals surface area contributed by atoms with E-state index in [-0.39, 0.29) is 11.8 Å². The molecule has 0 N–H and O–H groups in total. The molecule has 1 atom stereocenters. The molecule has 2 aliphatic rings. The predicted octanol–water partition coefficient (Wildman–Crippen LogP) is 3.39. The molecule has 4 rings (SSSR count). The van der Waals surface area contributed by atoms with Gasteiger partial charge in [0.05, 0.1) is 11.1 Å². The number of ketones is 1. The summed E-state index contributed by atoms with van der Waals surface area (Å²) < 4.78 is 5.61. The highest BCUT2D eigenvalue weighted by molar-refractivity contribution is 6.06. The zero-order chi connectivity index (χ0) is 15.8. The van der Waals surface area contributed by atoms with E-state index in [1.54, 1.807) is 0 Å². The molecule has 1 fully saturated rings. The number of benzene rings is 1. The zero-order valence-electron chi connectivity index (χ0n) is 13.0. The lowest BCUT2D eigenvalue weighted by molar-refractivity contribution is -0.129. The third-order valence-electron chi connectivity index (χ3n) is 4.87. The third-order valence-corrected chi connectivity index (χ3v) is 4.87. The molecule has 1 aromatic heterocycles. The monoisotopic (exact) mass is 309 g/mol. The van der Waals surface area contributed by atoms with Gasteiger partial charge in [-0.2, -0.15) is 0 Å².